The number of rotatable bonds is 6. The van der Waals surface area contributed by atoms with E-state index in [1.54, 1.807) is 12.1 Å². The molecule has 0 fully saturated rings. The quantitative estimate of drug-likeness (QED) is 0.262. The average molecular weight is 464 g/mol. The molecule has 0 aliphatic heterocycles. The van der Waals surface area contributed by atoms with Crippen molar-refractivity contribution in [2.75, 3.05) is 12.3 Å². The van der Waals surface area contributed by atoms with Gasteiger partial charge in [0, 0.05) is 10.4 Å². The Labute approximate surface area is 192 Å². The van der Waals surface area contributed by atoms with E-state index in [4.69, 9.17) is 11.4 Å². The minimum atomic E-state index is -0.340. The summed E-state index contributed by atoms with van der Waals surface area (Å²) in [6, 6.07) is 15.2. The normalized spacial score (nSPS) is 10.8. The van der Waals surface area contributed by atoms with Gasteiger partial charge in [-0.3, -0.25) is 14.2 Å². The predicted molar refractivity (Wildman–Crippen MR) is 128 cm³/mol. The lowest BCUT2D eigenvalue weighted by Gasteiger charge is -2.12. The van der Waals surface area contributed by atoms with Crippen LogP contribution in [0.5, 0.6) is 0 Å². The molecule has 0 saturated heterocycles. The molecular weight excluding hydrogens is 445 g/mol. The van der Waals surface area contributed by atoms with Crippen LogP contribution in [0.15, 0.2) is 64.5 Å². The SMILES string of the molecule is C#CCNC(=O)CSc1nc2sc(C)c(-c3ccc(F)cc3)c2c(=O)n1-c1ccccc1. The van der Waals surface area contributed by atoms with Crippen molar-refractivity contribution >= 4 is 39.2 Å². The van der Waals surface area contributed by atoms with Crippen molar-refractivity contribution in [3.63, 3.8) is 0 Å². The number of carbonyl (C=O) groups excluding carboxylic acids is 1. The van der Waals surface area contributed by atoms with Gasteiger partial charge in [0.2, 0.25) is 5.91 Å². The molecule has 0 spiro atoms. The minimum absolute atomic E-state index is 0.0711. The Hall–Kier alpha value is -3.41. The number of benzene rings is 2. The summed E-state index contributed by atoms with van der Waals surface area (Å²) < 4.78 is 15.0. The summed E-state index contributed by atoms with van der Waals surface area (Å²) in [6.45, 7) is 2.06. The van der Waals surface area contributed by atoms with Crippen LogP contribution < -0.4 is 10.9 Å². The number of halogens is 1. The first kappa shape index (κ1) is 21.8. The number of hydrogen-bond donors (Lipinski definition) is 1. The summed E-state index contributed by atoms with van der Waals surface area (Å²) in [7, 11) is 0. The molecule has 0 saturated carbocycles. The molecule has 2 heterocycles. The van der Waals surface area contributed by atoms with Crippen LogP contribution in [0.4, 0.5) is 4.39 Å². The standard InChI is InChI=1S/C24H18FN3O2S2/c1-3-13-26-19(29)14-31-24-27-22-21(23(30)28(24)18-7-5-4-6-8-18)20(15(2)32-22)16-9-11-17(25)12-10-16/h1,4-12H,13-14H2,2H3,(H,26,29). The van der Waals surface area contributed by atoms with E-state index < -0.39 is 0 Å². The summed E-state index contributed by atoms with van der Waals surface area (Å²) >= 11 is 2.57. The lowest BCUT2D eigenvalue weighted by molar-refractivity contribution is -0.118. The van der Waals surface area contributed by atoms with Gasteiger partial charge in [-0.25, -0.2) is 9.37 Å². The Morgan fingerprint density at radius 2 is 1.94 bits per heavy atom. The highest BCUT2D eigenvalue weighted by molar-refractivity contribution is 7.99. The monoisotopic (exact) mass is 463 g/mol. The number of carbonyl (C=O) groups is 1. The van der Waals surface area contributed by atoms with Crippen LogP contribution in [0.1, 0.15) is 4.88 Å². The number of aromatic nitrogens is 2. The first-order valence-electron chi connectivity index (χ1n) is 9.70. The zero-order chi connectivity index (χ0) is 22.7. The highest BCUT2D eigenvalue weighted by Gasteiger charge is 2.21. The summed E-state index contributed by atoms with van der Waals surface area (Å²) in [5, 5.41) is 3.50. The van der Waals surface area contributed by atoms with Crippen molar-refractivity contribution in [1.82, 2.24) is 14.9 Å². The predicted octanol–water partition coefficient (Wildman–Crippen LogP) is 4.40. The maximum atomic E-state index is 13.8. The van der Waals surface area contributed by atoms with Crippen molar-refractivity contribution in [1.29, 1.82) is 0 Å². The van der Waals surface area contributed by atoms with Crippen LogP contribution in [-0.2, 0) is 4.79 Å². The zero-order valence-electron chi connectivity index (χ0n) is 17.1. The second-order valence-electron chi connectivity index (χ2n) is 6.86. The maximum Gasteiger partial charge on any atom is 0.268 e. The number of para-hydroxylation sites is 1. The first-order chi connectivity index (χ1) is 15.5. The maximum absolute atomic E-state index is 13.8. The summed E-state index contributed by atoms with van der Waals surface area (Å²) in [5.74, 6) is 1.85. The number of terminal acetylenes is 1. The van der Waals surface area contributed by atoms with Crippen molar-refractivity contribution in [2.45, 2.75) is 12.1 Å². The van der Waals surface area contributed by atoms with Crippen LogP contribution in [0.25, 0.3) is 27.0 Å². The van der Waals surface area contributed by atoms with Crippen molar-refractivity contribution in [3.8, 4) is 29.2 Å². The van der Waals surface area contributed by atoms with Gasteiger partial charge in [-0.15, -0.1) is 17.8 Å². The lowest BCUT2D eigenvalue weighted by atomic mass is 10.0. The molecule has 4 rings (SSSR count). The summed E-state index contributed by atoms with van der Waals surface area (Å²) in [5.41, 5.74) is 1.90. The molecule has 160 valence electrons. The van der Waals surface area contributed by atoms with Crippen LogP contribution in [0.2, 0.25) is 0 Å². The molecule has 0 unspecified atom stereocenters. The molecule has 1 N–H and O–H groups in total. The fraction of sp³-hybridized carbons (Fsp3) is 0.125. The van der Waals surface area contributed by atoms with Crippen LogP contribution in [0, 0.1) is 25.1 Å². The van der Waals surface area contributed by atoms with Gasteiger partial charge in [0.05, 0.1) is 23.4 Å². The van der Waals surface area contributed by atoms with E-state index in [0.29, 0.717) is 21.1 Å². The number of thiophene rings is 1. The van der Waals surface area contributed by atoms with Gasteiger partial charge in [0.1, 0.15) is 10.6 Å². The number of aryl methyl sites for hydroxylation is 1. The van der Waals surface area contributed by atoms with Crippen molar-refractivity contribution < 1.29 is 9.18 Å². The molecule has 2 aromatic carbocycles. The van der Waals surface area contributed by atoms with Crippen LogP contribution in [0.3, 0.4) is 0 Å². The number of amides is 1. The van der Waals surface area contributed by atoms with E-state index >= 15 is 0 Å². The highest BCUT2D eigenvalue weighted by Crippen LogP contribution is 2.37. The highest BCUT2D eigenvalue weighted by atomic mass is 32.2. The van der Waals surface area contributed by atoms with E-state index in [1.165, 1.54) is 39.8 Å². The van der Waals surface area contributed by atoms with E-state index in [0.717, 1.165) is 16.0 Å². The number of nitrogens with zero attached hydrogens (tertiary/aromatic N) is 2. The molecule has 0 radical (unpaired) electrons. The molecule has 2 aromatic heterocycles. The van der Waals surface area contributed by atoms with Gasteiger partial charge in [-0.05, 0) is 36.8 Å². The molecular formula is C24H18FN3O2S2. The van der Waals surface area contributed by atoms with Gasteiger partial charge >= 0.3 is 0 Å². The molecule has 0 atom stereocenters. The largest absolute Gasteiger partial charge is 0.344 e. The Morgan fingerprint density at radius 3 is 2.62 bits per heavy atom. The average Bonchev–Trinajstić information content (AvgIpc) is 3.13. The number of nitrogens with one attached hydrogen (secondary N) is 1. The summed E-state index contributed by atoms with van der Waals surface area (Å²) in [4.78, 5) is 32.0. The molecule has 8 heteroatoms. The molecule has 0 aliphatic rings. The molecule has 5 nitrogen and oxygen atoms in total. The van der Waals surface area contributed by atoms with Crippen molar-refractivity contribution in [2.24, 2.45) is 0 Å². The van der Waals surface area contributed by atoms with E-state index in [-0.39, 0.29) is 29.6 Å². The van der Waals surface area contributed by atoms with Crippen molar-refractivity contribution in [3.05, 3.63) is 75.6 Å². The lowest BCUT2D eigenvalue weighted by Crippen LogP contribution is -2.26. The number of fused-ring (bicyclic) bond motifs is 1. The number of thioether (sulfide) groups is 1. The van der Waals surface area contributed by atoms with Gasteiger partial charge in [0.25, 0.3) is 5.56 Å². The Bertz CT molecular complexity index is 1390. The smallest absolute Gasteiger partial charge is 0.268 e. The molecule has 4 aromatic rings. The molecule has 32 heavy (non-hydrogen) atoms. The van der Waals surface area contributed by atoms with E-state index in [1.807, 2.05) is 37.3 Å². The zero-order valence-corrected chi connectivity index (χ0v) is 18.7. The van der Waals surface area contributed by atoms with E-state index in [2.05, 4.69) is 11.2 Å². The van der Waals surface area contributed by atoms with Gasteiger partial charge in [-0.2, -0.15) is 0 Å². The molecule has 1 amide bonds. The Kier molecular flexibility index (Phi) is 6.40. The second kappa shape index (κ2) is 9.39. The third-order valence-electron chi connectivity index (χ3n) is 4.74. The second-order valence-corrected chi connectivity index (χ2v) is 9.01. The Balaban J connectivity index is 1.89. The van der Waals surface area contributed by atoms with E-state index in [9.17, 15) is 14.0 Å². The topological polar surface area (TPSA) is 64.0 Å². The van der Waals surface area contributed by atoms with Crippen LogP contribution >= 0.6 is 23.1 Å². The van der Waals surface area contributed by atoms with Gasteiger partial charge in [0.15, 0.2) is 5.16 Å². The third kappa shape index (κ3) is 4.31. The fourth-order valence-electron chi connectivity index (χ4n) is 3.34. The summed E-state index contributed by atoms with van der Waals surface area (Å²) in [6.07, 6.45) is 5.19. The Morgan fingerprint density at radius 1 is 1.22 bits per heavy atom. The molecule has 0 aliphatic carbocycles. The first-order valence-corrected chi connectivity index (χ1v) is 11.5. The number of hydrogen-bond acceptors (Lipinski definition) is 5. The molecule has 0 bridgehead atoms. The van der Waals surface area contributed by atoms with Gasteiger partial charge in [-0.1, -0.05) is 48.0 Å². The fourth-order valence-corrected chi connectivity index (χ4v) is 5.27. The third-order valence-corrected chi connectivity index (χ3v) is 6.68. The van der Waals surface area contributed by atoms with Crippen LogP contribution in [-0.4, -0.2) is 27.8 Å². The van der Waals surface area contributed by atoms with Gasteiger partial charge < -0.3 is 5.32 Å². The minimum Gasteiger partial charge on any atom is -0.344 e.